The summed E-state index contributed by atoms with van der Waals surface area (Å²) in [5.74, 6) is -0.931. The highest BCUT2D eigenvalue weighted by molar-refractivity contribution is 5.75. The van der Waals surface area contributed by atoms with Crippen LogP contribution in [0.2, 0.25) is 0 Å². The van der Waals surface area contributed by atoms with Crippen molar-refractivity contribution >= 4 is 11.9 Å². The van der Waals surface area contributed by atoms with E-state index >= 15 is 0 Å². The SMILES string of the molecule is CCC(C)C(=O)O[C@H]1C[C@H](O)C=C2C=C[C@H](C)C(CCC(O)C[C@@H](O)CC(=O)NO)C21. The number of aliphatic hydroxyl groups is 3. The molecule has 0 radical (unpaired) electrons. The van der Waals surface area contributed by atoms with Gasteiger partial charge in [0.1, 0.15) is 6.10 Å². The molecule has 5 N–H and O–H groups in total. The van der Waals surface area contributed by atoms with Crippen LogP contribution in [0.15, 0.2) is 23.8 Å². The second-order valence-electron chi connectivity index (χ2n) is 9.02. The molecule has 0 aliphatic heterocycles. The van der Waals surface area contributed by atoms with Gasteiger partial charge in [-0.1, -0.05) is 39.0 Å². The van der Waals surface area contributed by atoms with Crippen molar-refractivity contribution in [3.63, 3.8) is 0 Å². The Balaban J connectivity index is 2.06. The zero-order valence-electron chi connectivity index (χ0n) is 18.6. The second kappa shape index (κ2) is 11.8. The normalized spacial score (nSPS) is 30.5. The number of carbonyl (C=O) groups is 2. The van der Waals surface area contributed by atoms with Crippen LogP contribution in [0.5, 0.6) is 0 Å². The number of hydrogen-bond donors (Lipinski definition) is 5. The average molecular weight is 440 g/mol. The third kappa shape index (κ3) is 7.14. The van der Waals surface area contributed by atoms with Gasteiger partial charge in [0.2, 0.25) is 5.91 Å². The van der Waals surface area contributed by atoms with E-state index < -0.39 is 30.3 Å². The third-order valence-corrected chi connectivity index (χ3v) is 6.58. The van der Waals surface area contributed by atoms with E-state index in [1.807, 2.05) is 26.0 Å². The number of ether oxygens (including phenoxy) is 1. The zero-order valence-corrected chi connectivity index (χ0v) is 18.6. The number of carbonyl (C=O) groups excluding carboxylic acids is 2. The van der Waals surface area contributed by atoms with Crippen LogP contribution in [0, 0.1) is 23.7 Å². The van der Waals surface area contributed by atoms with Gasteiger partial charge in [0, 0.05) is 12.3 Å². The number of nitrogens with one attached hydrogen (secondary N) is 1. The van der Waals surface area contributed by atoms with Crippen molar-refractivity contribution in [1.29, 1.82) is 0 Å². The number of fused-ring (bicyclic) bond motifs is 1. The summed E-state index contributed by atoms with van der Waals surface area (Å²) in [5.41, 5.74) is 2.43. The molecule has 31 heavy (non-hydrogen) atoms. The first-order valence-corrected chi connectivity index (χ1v) is 11.2. The van der Waals surface area contributed by atoms with E-state index in [2.05, 4.69) is 13.0 Å². The fraction of sp³-hybridized carbons (Fsp3) is 0.739. The van der Waals surface area contributed by atoms with E-state index in [1.165, 1.54) is 5.48 Å². The van der Waals surface area contributed by atoms with Crippen LogP contribution < -0.4 is 5.48 Å². The Morgan fingerprint density at radius 2 is 2.00 bits per heavy atom. The first-order valence-electron chi connectivity index (χ1n) is 11.2. The Labute approximate surface area is 183 Å². The van der Waals surface area contributed by atoms with E-state index in [-0.39, 0.29) is 42.5 Å². The maximum Gasteiger partial charge on any atom is 0.308 e. The predicted molar refractivity (Wildman–Crippen MR) is 114 cm³/mol. The maximum absolute atomic E-state index is 12.5. The van der Waals surface area contributed by atoms with Crippen molar-refractivity contribution in [3.05, 3.63) is 23.8 Å². The highest BCUT2D eigenvalue weighted by Crippen LogP contribution is 2.44. The highest BCUT2D eigenvalue weighted by atomic mass is 16.5. The Kier molecular flexibility index (Phi) is 9.68. The van der Waals surface area contributed by atoms with Crippen molar-refractivity contribution in [2.24, 2.45) is 23.7 Å². The molecule has 1 amide bonds. The summed E-state index contributed by atoms with van der Waals surface area (Å²) in [6.45, 7) is 5.85. The predicted octanol–water partition coefficient (Wildman–Crippen LogP) is 1.86. The zero-order chi connectivity index (χ0) is 23.1. The molecule has 2 aliphatic carbocycles. The van der Waals surface area contributed by atoms with Crippen LogP contribution >= 0.6 is 0 Å². The number of hydrogen-bond acceptors (Lipinski definition) is 7. The van der Waals surface area contributed by atoms with Crippen molar-refractivity contribution in [3.8, 4) is 0 Å². The summed E-state index contributed by atoms with van der Waals surface area (Å²) in [7, 11) is 0. The molecule has 0 bridgehead atoms. The Bertz CT molecular complexity index is 677. The van der Waals surface area contributed by atoms with Crippen LogP contribution in [-0.4, -0.2) is 56.8 Å². The summed E-state index contributed by atoms with van der Waals surface area (Å²) in [5, 5.41) is 39.1. The van der Waals surface area contributed by atoms with Gasteiger partial charge in [0.05, 0.1) is 30.7 Å². The smallest absolute Gasteiger partial charge is 0.308 e. The number of rotatable bonds is 10. The Morgan fingerprint density at radius 1 is 1.29 bits per heavy atom. The van der Waals surface area contributed by atoms with Crippen LogP contribution in [0.1, 0.15) is 59.3 Å². The van der Waals surface area contributed by atoms with E-state index in [0.717, 1.165) is 5.57 Å². The number of allylic oxidation sites excluding steroid dienone is 2. The van der Waals surface area contributed by atoms with Gasteiger partial charge in [-0.05, 0) is 43.1 Å². The molecular weight excluding hydrogens is 402 g/mol. The minimum atomic E-state index is -1.05. The topological polar surface area (TPSA) is 136 Å². The molecule has 176 valence electrons. The molecule has 0 aromatic carbocycles. The van der Waals surface area contributed by atoms with Gasteiger partial charge in [0.25, 0.3) is 0 Å². The molecular formula is C23H37NO7. The van der Waals surface area contributed by atoms with Gasteiger partial charge in [-0.15, -0.1) is 0 Å². The van der Waals surface area contributed by atoms with Crippen molar-refractivity contribution < 1.29 is 34.9 Å². The van der Waals surface area contributed by atoms with Crippen LogP contribution in [0.3, 0.4) is 0 Å². The van der Waals surface area contributed by atoms with E-state index in [1.54, 1.807) is 0 Å². The molecule has 0 saturated carbocycles. The summed E-state index contributed by atoms with van der Waals surface area (Å²) in [6, 6.07) is 0. The molecule has 0 fully saturated rings. The minimum absolute atomic E-state index is 0.0306. The van der Waals surface area contributed by atoms with Gasteiger partial charge in [-0.3, -0.25) is 14.8 Å². The number of esters is 1. The molecule has 8 heteroatoms. The summed E-state index contributed by atoms with van der Waals surface area (Å²) in [4.78, 5) is 23.6. The van der Waals surface area contributed by atoms with Crippen LogP contribution in [-0.2, 0) is 14.3 Å². The largest absolute Gasteiger partial charge is 0.461 e. The first-order chi connectivity index (χ1) is 14.7. The number of hydroxylamine groups is 1. The van der Waals surface area contributed by atoms with Gasteiger partial charge >= 0.3 is 5.97 Å². The maximum atomic E-state index is 12.5. The summed E-state index contributed by atoms with van der Waals surface area (Å²) in [6.07, 6.45) is 4.79. The molecule has 2 rings (SSSR count). The first kappa shape index (κ1) is 25.5. The number of aliphatic hydroxyl groups excluding tert-OH is 3. The average Bonchev–Trinajstić information content (AvgIpc) is 2.72. The highest BCUT2D eigenvalue weighted by Gasteiger charge is 2.42. The molecule has 0 spiro atoms. The third-order valence-electron chi connectivity index (χ3n) is 6.58. The van der Waals surface area contributed by atoms with Crippen molar-refractivity contribution in [2.45, 2.75) is 83.7 Å². The molecule has 0 heterocycles. The fourth-order valence-corrected chi connectivity index (χ4v) is 4.58. The standard InChI is InChI=1S/C23H37NO7/c1-4-13(2)23(29)31-20-11-17(26)9-15-6-5-14(3)19(22(15)20)8-7-16(25)10-18(27)12-21(28)24-30/h5-6,9,13-14,16-20,22,25-27,30H,4,7-8,10-12H2,1-3H3,(H,24,28)/t13?,14-,16?,17+,18+,19?,20-,22?/m0/s1. The van der Waals surface area contributed by atoms with Gasteiger partial charge in [-0.2, -0.15) is 0 Å². The van der Waals surface area contributed by atoms with Gasteiger partial charge in [-0.25, -0.2) is 5.48 Å². The van der Waals surface area contributed by atoms with E-state index in [0.29, 0.717) is 25.7 Å². The molecule has 0 saturated heterocycles. The lowest BCUT2D eigenvalue weighted by Gasteiger charge is -2.43. The molecule has 4 unspecified atom stereocenters. The molecule has 0 aromatic heterocycles. The quantitative estimate of drug-likeness (QED) is 0.199. The van der Waals surface area contributed by atoms with Gasteiger partial charge in [0.15, 0.2) is 0 Å². The van der Waals surface area contributed by atoms with Crippen LogP contribution in [0.4, 0.5) is 0 Å². The van der Waals surface area contributed by atoms with Gasteiger partial charge < -0.3 is 20.1 Å². The molecule has 0 aromatic rings. The summed E-state index contributed by atoms with van der Waals surface area (Å²) < 4.78 is 5.85. The van der Waals surface area contributed by atoms with Crippen molar-refractivity contribution in [2.75, 3.05) is 0 Å². The molecule has 2 aliphatic rings. The molecule has 8 nitrogen and oxygen atoms in total. The van der Waals surface area contributed by atoms with E-state index in [4.69, 9.17) is 9.94 Å². The minimum Gasteiger partial charge on any atom is -0.461 e. The van der Waals surface area contributed by atoms with Crippen molar-refractivity contribution in [1.82, 2.24) is 5.48 Å². The monoisotopic (exact) mass is 439 g/mol. The Morgan fingerprint density at radius 3 is 2.65 bits per heavy atom. The Hall–Kier alpha value is -1.74. The summed E-state index contributed by atoms with van der Waals surface area (Å²) >= 11 is 0. The lowest BCUT2D eigenvalue weighted by molar-refractivity contribution is -0.159. The number of amides is 1. The van der Waals surface area contributed by atoms with Crippen LogP contribution in [0.25, 0.3) is 0 Å². The fourth-order valence-electron chi connectivity index (χ4n) is 4.58. The second-order valence-corrected chi connectivity index (χ2v) is 9.02. The molecule has 8 atom stereocenters. The lowest BCUT2D eigenvalue weighted by atomic mass is 9.66. The van der Waals surface area contributed by atoms with E-state index in [9.17, 15) is 24.9 Å². The lowest BCUT2D eigenvalue weighted by Crippen LogP contribution is -2.43.